The van der Waals surface area contributed by atoms with Crippen molar-refractivity contribution in [3.8, 4) is 0 Å². The van der Waals surface area contributed by atoms with Crippen molar-refractivity contribution in [3.63, 3.8) is 0 Å². The average molecular weight is 363 g/mol. The van der Waals surface area contributed by atoms with Crippen molar-refractivity contribution in [2.75, 3.05) is 18.5 Å². The summed E-state index contributed by atoms with van der Waals surface area (Å²) in [7, 11) is 0. The number of nitrogens with one attached hydrogen (secondary N) is 1. The van der Waals surface area contributed by atoms with Crippen molar-refractivity contribution < 1.29 is 29.0 Å². The van der Waals surface area contributed by atoms with Gasteiger partial charge in [0.2, 0.25) is 5.91 Å². The first-order chi connectivity index (χ1) is 12.2. The van der Waals surface area contributed by atoms with Crippen molar-refractivity contribution in [1.29, 1.82) is 0 Å². The van der Waals surface area contributed by atoms with Gasteiger partial charge in [0, 0.05) is 17.2 Å². The summed E-state index contributed by atoms with van der Waals surface area (Å²) >= 11 is 0. The first kappa shape index (κ1) is 21.4. The molecule has 26 heavy (non-hydrogen) atoms. The summed E-state index contributed by atoms with van der Waals surface area (Å²) in [5.74, 6) is -1.55. The van der Waals surface area contributed by atoms with E-state index in [0.717, 1.165) is 0 Å². The van der Waals surface area contributed by atoms with Gasteiger partial charge in [0.25, 0.3) is 0 Å². The number of aliphatic hydroxyl groups is 1. The fourth-order valence-corrected chi connectivity index (χ4v) is 1.77. The van der Waals surface area contributed by atoms with Gasteiger partial charge in [0.05, 0.1) is 5.56 Å². The largest absolute Gasteiger partial charge is 0.459 e. The summed E-state index contributed by atoms with van der Waals surface area (Å²) in [6.07, 6.45) is -0.433. The molecule has 0 aromatic heterocycles. The molecule has 0 fully saturated rings. The summed E-state index contributed by atoms with van der Waals surface area (Å²) in [6.45, 7) is 8.01. The highest BCUT2D eigenvalue weighted by Crippen LogP contribution is 2.14. The number of rotatable bonds is 9. The van der Waals surface area contributed by atoms with Crippen LogP contribution in [0.3, 0.4) is 0 Å². The molecule has 0 saturated heterocycles. The Kier molecular flexibility index (Phi) is 8.51. The van der Waals surface area contributed by atoms with Crippen LogP contribution in [0.25, 0.3) is 0 Å². The highest BCUT2D eigenvalue weighted by Gasteiger charge is 2.15. The van der Waals surface area contributed by atoms with Gasteiger partial charge in [-0.1, -0.05) is 26.5 Å². The molecule has 0 aliphatic carbocycles. The molecule has 7 nitrogen and oxygen atoms in total. The summed E-state index contributed by atoms with van der Waals surface area (Å²) < 4.78 is 9.77. The molecule has 2 unspecified atom stereocenters. The Morgan fingerprint density at radius 1 is 1.23 bits per heavy atom. The molecular formula is C19H25NO6. The minimum atomic E-state index is -1.14. The fraction of sp³-hybridized carbons (Fsp3) is 0.421. The van der Waals surface area contributed by atoms with Gasteiger partial charge in [-0.2, -0.15) is 0 Å². The topological polar surface area (TPSA) is 102 Å². The van der Waals surface area contributed by atoms with Gasteiger partial charge in [-0.05, 0) is 31.5 Å². The number of carbonyl (C=O) groups is 3. The zero-order valence-corrected chi connectivity index (χ0v) is 15.3. The molecule has 1 aromatic carbocycles. The molecule has 0 saturated carbocycles. The van der Waals surface area contributed by atoms with Crippen LogP contribution >= 0.6 is 0 Å². The first-order valence-electron chi connectivity index (χ1n) is 8.33. The third-order valence-corrected chi connectivity index (χ3v) is 3.59. The molecule has 2 N–H and O–H groups in total. The third-order valence-electron chi connectivity index (χ3n) is 3.59. The number of anilines is 1. The van der Waals surface area contributed by atoms with Crippen LogP contribution in [0.15, 0.2) is 36.4 Å². The molecule has 2 atom stereocenters. The van der Waals surface area contributed by atoms with Crippen LogP contribution in [0, 0.1) is 5.92 Å². The molecule has 0 aliphatic heterocycles. The molecule has 1 rings (SSSR count). The Labute approximate surface area is 153 Å². The predicted molar refractivity (Wildman–Crippen MR) is 96.6 cm³/mol. The molecule has 0 aliphatic rings. The van der Waals surface area contributed by atoms with Crippen LogP contribution in [-0.2, 0) is 19.1 Å². The number of hydrogen-bond acceptors (Lipinski definition) is 6. The maximum absolute atomic E-state index is 12.1. The zero-order chi connectivity index (χ0) is 19.7. The van der Waals surface area contributed by atoms with Crippen LogP contribution in [0.2, 0.25) is 0 Å². The number of benzene rings is 1. The van der Waals surface area contributed by atoms with Crippen LogP contribution < -0.4 is 5.32 Å². The number of hydrogen-bond donors (Lipinski definition) is 2. The first-order valence-corrected chi connectivity index (χ1v) is 8.33. The minimum Gasteiger partial charge on any atom is -0.459 e. The zero-order valence-electron chi connectivity index (χ0n) is 15.3. The summed E-state index contributed by atoms with van der Waals surface area (Å²) in [4.78, 5) is 35.2. The van der Waals surface area contributed by atoms with Gasteiger partial charge >= 0.3 is 11.9 Å². The Bertz CT molecular complexity index is 670. The summed E-state index contributed by atoms with van der Waals surface area (Å²) in [5.41, 5.74) is 0.934. The van der Waals surface area contributed by atoms with Crippen molar-refractivity contribution >= 4 is 23.5 Å². The van der Waals surface area contributed by atoms with Crippen molar-refractivity contribution in [3.05, 3.63) is 42.0 Å². The number of ether oxygens (including phenoxy) is 2. The predicted octanol–water partition coefficient (Wildman–Crippen LogP) is 2.31. The van der Waals surface area contributed by atoms with Gasteiger partial charge in [-0.15, -0.1) is 0 Å². The minimum absolute atomic E-state index is 0.132. The summed E-state index contributed by atoms with van der Waals surface area (Å²) in [5, 5.41) is 12.4. The van der Waals surface area contributed by atoms with Gasteiger partial charge in [-0.3, -0.25) is 4.79 Å². The standard InChI is InChI=1S/C19H25NO6/c1-5-13(4)17(22)20-15-8-6-7-14(9-15)19(24)26-11-16(21)10-25-18(23)12(2)3/h6-9,13,16,21H,2,5,10-11H2,1,3-4H3,(H,20,22). The number of amides is 1. The van der Waals surface area contributed by atoms with Gasteiger partial charge in [0.15, 0.2) is 0 Å². The lowest BCUT2D eigenvalue weighted by Gasteiger charge is -2.13. The SMILES string of the molecule is C=C(C)C(=O)OCC(O)COC(=O)c1cccc(NC(=O)C(C)CC)c1. The Hall–Kier alpha value is -2.67. The molecular weight excluding hydrogens is 338 g/mol. The smallest absolute Gasteiger partial charge is 0.338 e. The van der Waals surface area contributed by atoms with E-state index in [0.29, 0.717) is 12.1 Å². The van der Waals surface area contributed by atoms with Crippen molar-refractivity contribution in [2.24, 2.45) is 5.92 Å². The fourth-order valence-electron chi connectivity index (χ4n) is 1.77. The monoisotopic (exact) mass is 363 g/mol. The molecule has 0 radical (unpaired) electrons. The Balaban J connectivity index is 2.54. The maximum atomic E-state index is 12.1. The van der Waals surface area contributed by atoms with E-state index in [9.17, 15) is 19.5 Å². The van der Waals surface area contributed by atoms with E-state index in [1.165, 1.54) is 19.1 Å². The molecule has 0 heterocycles. The average Bonchev–Trinajstić information content (AvgIpc) is 2.63. The lowest BCUT2D eigenvalue weighted by atomic mass is 10.1. The lowest BCUT2D eigenvalue weighted by molar-refractivity contribution is -0.142. The normalized spacial score (nSPS) is 12.6. The molecule has 0 spiro atoms. The highest BCUT2D eigenvalue weighted by molar-refractivity contribution is 5.95. The lowest BCUT2D eigenvalue weighted by Crippen LogP contribution is -2.25. The van der Waals surface area contributed by atoms with Crippen molar-refractivity contribution in [1.82, 2.24) is 0 Å². The molecule has 1 amide bonds. The second kappa shape index (κ2) is 10.4. The quantitative estimate of drug-likeness (QED) is 0.516. The van der Waals surface area contributed by atoms with Gasteiger partial charge in [0.1, 0.15) is 19.3 Å². The third kappa shape index (κ3) is 7.06. The highest BCUT2D eigenvalue weighted by atomic mass is 16.6. The van der Waals surface area contributed by atoms with Crippen molar-refractivity contribution in [2.45, 2.75) is 33.3 Å². The van der Waals surface area contributed by atoms with E-state index in [1.807, 2.05) is 13.8 Å². The number of carbonyl (C=O) groups excluding carboxylic acids is 3. The molecule has 1 aromatic rings. The number of aliphatic hydroxyl groups excluding tert-OH is 1. The second-order valence-electron chi connectivity index (χ2n) is 6.01. The molecule has 0 bridgehead atoms. The Morgan fingerprint density at radius 2 is 1.88 bits per heavy atom. The second-order valence-corrected chi connectivity index (χ2v) is 6.01. The van der Waals surface area contributed by atoms with E-state index in [2.05, 4.69) is 11.9 Å². The van der Waals surface area contributed by atoms with E-state index in [4.69, 9.17) is 9.47 Å². The molecule has 7 heteroatoms. The van der Waals surface area contributed by atoms with Gasteiger partial charge in [-0.25, -0.2) is 9.59 Å². The van der Waals surface area contributed by atoms with Crippen LogP contribution in [-0.4, -0.2) is 42.3 Å². The van der Waals surface area contributed by atoms with E-state index >= 15 is 0 Å². The molecule has 142 valence electrons. The Morgan fingerprint density at radius 3 is 2.50 bits per heavy atom. The maximum Gasteiger partial charge on any atom is 0.338 e. The van der Waals surface area contributed by atoms with Crippen LogP contribution in [0.5, 0.6) is 0 Å². The van der Waals surface area contributed by atoms with Gasteiger partial charge < -0.3 is 19.9 Å². The van der Waals surface area contributed by atoms with E-state index in [1.54, 1.807) is 12.1 Å². The number of esters is 2. The van der Waals surface area contributed by atoms with E-state index in [-0.39, 0.29) is 36.2 Å². The van der Waals surface area contributed by atoms with Crippen LogP contribution in [0.4, 0.5) is 5.69 Å². The van der Waals surface area contributed by atoms with E-state index < -0.39 is 18.0 Å². The van der Waals surface area contributed by atoms with Crippen LogP contribution in [0.1, 0.15) is 37.6 Å². The summed E-state index contributed by atoms with van der Waals surface area (Å²) in [6, 6.07) is 6.32.